The van der Waals surface area contributed by atoms with Crippen molar-refractivity contribution in [3.05, 3.63) is 54.1 Å². The average molecular weight is 312 g/mol. The number of rotatable bonds is 3. The molecule has 0 aliphatic carbocycles. The van der Waals surface area contributed by atoms with Gasteiger partial charge in [-0.25, -0.2) is 5.43 Å². The zero-order chi connectivity index (χ0) is 16.2. The summed E-state index contributed by atoms with van der Waals surface area (Å²) in [5, 5.41) is 13.3. The SMILES string of the molecule is C/C(=N/NC(=O)[C@@H]1COc2ccccc2O1)c1ccc(O)cc1. The van der Waals surface area contributed by atoms with Crippen molar-refractivity contribution in [1.82, 2.24) is 5.43 Å². The van der Waals surface area contributed by atoms with Gasteiger partial charge in [0.25, 0.3) is 5.91 Å². The van der Waals surface area contributed by atoms with E-state index >= 15 is 0 Å². The third-order valence-electron chi connectivity index (χ3n) is 3.42. The first-order valence-corrected chi connectivity index (χ1v) is 7.15. The molecule has 23 heavy (non-hydrogen) atoms. The summed E-state index contributed by atoms with van der Waals surface area (Å²) in [6, 6.07) is 13.8. The van der Waals surface area contributed by atoms with Crippen molar-refractivity contribution in [3.8, 4) is 17.2 Å². The standard InChI is InChI=1S/C17H16N2O4/c1-11(12-6-8-13(20)9-7-12)18-19-17(21)16-10-22-14-4-2-3-5-15(14)23-16/h2-9,16,20H,10H2,1H3,(H,19,21)/b18-11-/t16-/m0/s1. The van der Waals surface area contributed by atoms with Crippen LogP contribution in [0.4, 0.5) is 0 Å². The smallest absolute Gasteiger partial charge is 0.284 e. The van der Waals surface area contributed by atoms with Crippen LogP contribution in [0.15, 0.2) is 53.6 Å². The summed E-state index contributed by atoms with van der Waals surface area (Å²) >= 11 is 0. The molecule has 1 heterocycles. The number of carbonyl (C=O) groups excluding carboxylic acids is 1. The maximum absolute atomic E-state index is 12.1. The molecule has 0 unspecified atom stereocenters. The lowest BCUT2D eigenvalue weighted by atomic mass is 10.1. The second-order valence-corrected chi connectivity index (χ2v) is 5.08. The Balaban J connectivity index is 1.63. The van der Waals surface area contributed by atoms with Gasteiger partial charge in [-0.1, -0.05) is 12.1 Å². The van der Waals surface area contributed by atoms with Crippen LogP contribution in [0.1, 0.15) is 12.5 Å². The Morgan fingerprint density at radius 1 is 1.17 bits per heavy atom. The van der Waals surface area contributed by atoms with Crippen molar-refractivity contribution >= 4 is 11.6 Å². The van der Waals surface area contributed by atoms with Crippen LogP contribution >= 0.6 is 0 Å². The molecule has 0 spiro atoms. The number of para-hydroxylation sites is 2. The second-order valence-electron chi connectivity index (χ2n) is 5.08. The monoisotopic (exact) mass is 312 g/mol. The molecule has 118 valence electrons. The number of hydrogen-bond donors (Lipinski definition) is 2. The molecule has 2 aromatic rings. The summed E-state index contributed by atoms with van der Waals surface area (Å²) in [7, 11) is 0. The van der Waals surface area contributed by atoms with Gasteiger partial charge in [0.2, 0.25) is 6.10 Å². The predicted octanol–water partition coefficient (Wildman–Crippen LogP) is 2.07. The number of nitrogens with zero attached hydrogens (tertiary/aromatic N) is 1. The Morgan fingerprint density at radius 3 is 2.61 bits per heavy atom. The lowest BCUT2D eigenvalue weighted by Gasteiger charge is -2.24. The van der Waals surface area contributed by atoms with Crippen LogP contribution in [-0.2, 0) is 4.79 Å². The zero-order valence-electron chi connectivity index (χ0n) is 12.5. The topological polar surface area (TPSA) is 80.2 Å². The van der Waals surface area contributed by atoms with Crippen LogP contribution in [0.5, 0.6) is 17.2 Å². The van der Waals surface area contributed by atoms with E-state index in [1.54, 1.807) is 43.3 Å². The molecule has 1 aliphatic rings. The van der Waals surface area contributed by atoms with E-state index in [-0.39, 0.29) is 18.3 Å². The number of hydrazone groups is 1. The lowest BCUT2D eigenvalue weighted by Crippen LogP contribution is -2.42. The fourth-order valence-corrected chi connectivity index (χ4v) is 2.13. The van der Waals surface area contributed by atoms with E-state index in [1.165, 1.54) is 0 Å². The maximum Gasteiger partial charge on any atom is 0.284 e. The van der Waals surface area contributed by atoms with Crippen LogP contribution in [0.3, 0.4) is 0 Å². The number of phenolic OH excluding ortho intramolecular Hbond substituents is 1. The number of carbonyl (C=O) groups is 1. The molecule has 0 radical (unpaired) electrons. The van der Waals surface area contributed by atoms with Gasteiger partial charge in [0.15, 0.2) is 11.5 Å². The van der Waals surface area contributed by atoms with E-state index in [4.69, 9.17) is 9.47 Å². The van der Waals surface area contributed by atoms with Gasteiger partial charge in [0.05, 0.1) is 5.71 Å². The zero-order valence-corrected chi connectivity index (χ0v) is 12.5. The van der Waals surface area contributed by atoms with Gasteiger partial charge in [0, 0.05) is 0 Å². The van der Waals surface area contributed by atoms with Gasteiger partial charge in [-0.05, 0) is 48.9 Å². The first-order valence-electron chi connectivity index (χ1n) is 7.15. The highest BCUT2D eigenvalue weighted by molar-refractivity contribution is 5.99. The number of fused-ring (bicyclic) bond motifs is 1. The van der Waals surface area contributed by atoms with Crippen molar-refractivity contribution in [3.63, 3.8) is 0 Å². The van der Waals surface area contributed by atoms with Crippen molar-refractivity contribution in [1.29, 1.82) is 0 Å². The molecule has 1 amide bonds. The Kier molecular flexibility index (Phi) is 4.14. The molecule has 2 aromatic carbocycles. The first kappa shape index (κ1) is 14.9. The van der Waals surface area contributed by atoms with Crippen LogP contribution in [0, 0.1) is 0 Å². The first-order chi connectivity index (χ1) is 11.1. The molecule has 6 heteroatoms. The van der Waals surface area contributed by atoms with E-state index in [9.17, 15) is 9.90 Å². The molecule has 6 nitrogen and oxygen atoms in total. The molecule has 3 rings (SSSR count). The average Bonchev–Trinajstić information content (AvgIpc) is 2.59. The minimum Gasteiger partial charge on any atom is -0.508 e. The van der Waals surface area contributed by atoms with Crippen LogP contribution in [0.2, 0.25) is 0 Å². The number of aromatic hydroxyl groups is 1. The summed E-state index contributed by atoms with van der Waals surface area (Å²) < 4.78 is 11.1. The quantitative estimate of drug-likeness (QED) is 0.671. The highest BCUT2D eigenvalue weighted by Crippen LogP contribution is 2.30. The summed E-state index contributed by atoms with van der Waals surface area (Å²) in [5.41, 5.74) is 3.90. The summed E-state index contributed by atoms with van der Waals surface area (Å²) in [5.74, 6) is 0.966. The molecule has 0 bridgehead atoms. The third kappa shape index (κ3) is 3.42. The van der Waals surface area contributed by atoms with Gasteiger partial charge < -0.3 is 14.6 Å². The van der Waals surface area contributed by atoms with Gasteiger partial charge in [-0.15, -0.1) is 0 Å². The number of benzene rings is 2. The molecule has 1 aliphatic heterocycles. The molecule has 2 N–H and O–H groups in total. The summed E-state index contributed by atoms with van der Waals surface area (Å²) in [6.07, 6.45) is -0.749. The molecule has 0 saturated carbocycles. The third-order valence-corrected chi connectivity index (χ3v) is 3.42. The molecular weight excluding hydrogens is 296 g/mol. The normalized spacial score (nSPS) is 16.7. The minimum atomic E-state index is -0.749. The second kappa shape index (κ2) is 6.39. The van der Waals surface area contributed by atoms with E-state index in [1.807, 2.05) is 12.1 Å². The minimum absolute atomic E-state index is 0.136. The van der Waals surface area contributed by atoms with Crippen molar-refractivity contribution < 1.29 is 19.4 Å². The summed E-state index contributed by atoms with van der Waals surface area (Å²) in [4.78, 5) is 12.1. The molecule has 1 atom stereocenters. The van der Waals surface area contributed by atoms with Crippen LogP contribution < -0.4 is 14.9 Å². The van der Waals surface area contributed by atoms with Crippen molar-refractivity contribution in [2.24, 2.45) is 5.10 Å². The van der Waals surface area contributed by atoms with Gasteiger partial charge in [0.1, 0.15) is 12.4 Å². The Labute approximate surface area is 133 Å². The van der Waals surface area contributed by atoms with Gasteiger partial charge in [-0.3, -0.25) is 4.79 Å². The molecule has 0 saturated heterocycles. The lowest BCUT2D eigenvalue weighted by molar-refractivity contribution is -0.130. The van der Waals surface area contributed by atoms with Gasteiger partial charge >= 0.3 is 0 Å². The summed E-state index contributed by atoms with van der Waals surface area (Å²) in [6.45, 7) is 1.90. The number of hydrogen-bond acceptors (Lipinski definition) is 5. The number of phenols is 1. The van der Waals surface area contributed by atoms with E-state index in [2.05, 4.69) is 10.5 Å². The highest BCUT2D eigenvalue weighted by atomic mass is 16.6. The van der Waals surface area contributed by atoms with Crippen molar-refractivity contribution in [2.45, 2.75) is 13.0 Å². The van der Waals surface area contributed by atoms with Crippen molar-refractivity contribution in [2.75, 3.05) is 6.61 Å². The van der Waals surface area contributed by atoms with Crippen LogP contribution in [-0.4, -0.2) is 29.4 Å². The highest BCUT2D eigenvalue weighted by Gasteiger charge is 2.27. The Morgan fingerprint density at radius 2 is 1.87 bits per heavy atom. The van der Waals surface area contributed by atoms with Crippen LogP contribution in [0.25, 0.3) is 0 Å². The van der Waals surface area contributed by atoms with E-state index < -0.39 is 6.10 Å². The number of ether oxygens (including phenoxy) is 2. The van der Waals surface area contributed by atoms with E-state index in [0.29, 0.717) is 17.2 Å². The van der Waals surface area contributed by atoms with E-state index in [0.717, 1.165) is 5.56 Å². The number of nitrogens with one attached hydrogen (secondary N) is 1. The Bertz CT molecular complexity index is 741. The fraction of sp³-hybridized carbons (Fsp3) is 0.176. The fourth-order valence-electron chi connectivity index (χ4n) is 2.13. The number of amides is 1. The largest absolute Gasteiger partial charge is 0.508 e. The predicted molar refractivity (Wildman–Crippen MR) is 84.8 cm³/mol. The molecular formula is C17H16N2O4. The Hall–Kier alpha value is -3.02. The van der Waals surface area contributed by atoms with Gasteiger partial charge in [-0.2, -0.15) is 5.10 Å². The molecule has 0 aromatic heterocycles. The maximum atomic E-state index is 12.1. The molecule has 0 fully saturated rings.